The van der Waals surface area contributed by atoms with Gasteiger partial charge in [0.1, 0.15) is 6.54 Å². The van der Waals surface area contributed by atoms with Crippen molar-refractivity contribution in [3.63, 3.8) is 0 Å². The number of para-hydroxylation sites is 2. The number of amides is 1. The average Bonchev–Trinajstić information content (AvgIpc) is 2.73. The zero-order valence-electron chi connectivity index (χ0n) is 15.3. The Morgan fingerprint density at radius 3 is 2.43 bits per heavy atom. The summed E-state index contributed by atoms with van der Waals surface area (Å²) in [5.41, 5.74) is 2.58. The number of hydrazine groups is 1. The monoisotopic (exact) mass is 428 g/mol. The maximum Gasteiger partial charge on any atom is 0.348 e. The van der Waals surface area contributed by atoms with Gasteiger partial charge in [0, 0.05) is 0 Å². The molecule has 0 aliphatic carbocycles. The molecular formula is C19H16N4O6S. The number of nitrogens with one attached hydrogen (secondary N) is 2. The first-order valence-electron chi connectivity index (χ1n) is 8.53. The molecule has 0 radical (unpaired) electrons. The van der Waals surface area contributed by atoms with Gasteiger partial charge in [-0.25, -0.2) is 18.2 Å². The van der Waals surface area contributed by atoms with E-state index in [2.05, 4.69) is 4.98 Å². The number of benzene rings is 2. The molecule has 0 saturated heterocycles. The Morgan fingerprint density at radius 1 is 1.07 bits per heavy atom. The van der Waals surface area contributed by atoms with Crippen molar-refractivity contribution < 1.29 is 23.1 Å². The molecule has 0 atom stereocenters. The Morgan fingerprint density at radius 2 is 1.73 bits per heavy atom. The zero-order valence-corrected chi connectivity index (χ0v) is 16.2. The van der Waals surface area contributed by atoms with Gasteiger partial charge in [-0.1, -0.05) is 42.5 Å². The van der Waals surface area contributed by atoms with E-state index in [0.717, 1.165) is 16.8 Å². The number of aromatic nitrogens is 2. The molecule has 10 nitrogen and oxygen atoms in total. The van der Waals surface area contributed by atoms with Crippen molar-refractivity contribution in [1.29, 1.82) is 0 Å². The summed E-state index contributed by atoms with van der Waals surface area (Å²) >= 11 is 0. The Labute approximate surface area is 170 Å². The summed E-state index contributed by atoms with van der Waals surface area (Å²) in [6.45, 7) is -0.505. The standard InChI is InChI=1S/C19H16N4O6S/c24-17(12-23-15-9-5-4-8-14(15)20-11-18(23)25)21-22-30(28,29)16(19(26)27)10-13-6-2-1-3-7-13/h1-11,22H,12H2,(H,21,24)(H,26,27)/b16-10+. The highest BCUT2D eigenvalue weighted by Gasteiger charge is 2.25. The summed E-state index contributed by atoms with van der Waals surface area (Å²) in [7, 11) is -4.58. The topological polar surface area (TPSA) is 147 Å². The van der Waals surface area contributed by atoms with Crippen LogP contribution in [0.2, 0.25) is 0 Å². The highest BCUT2D eigenvalue weighted by molar-refractivity contribution is 7.94. The fourth-order valence-corrected chi connectivity index (χ4v) is 3.47. The van der Waals surface area contributed by atoms with Gasteiger partial charge in [0.25, 0.3) is 21.5 Å². The number of rotatable bonds is 7. The van der Waals surface area contributed by atoms with Crippen molar-refractivity contribution in [1.82, 2.24) is 19.8 Å². The van der Waals surface area contributed by atoms with Gasteiger partial charge < -0.3 is 5.11 Å². The lowest BCUT2D eigenvalue weighted by molar-refractivity contribution is -0.131. The minimum Gasteiger partial charge on any atom is -0.477 e. The van der Waals surface area contributed by atoms with Crippen molar-refractivity contribution in [3.05, 3.63) is 81.6 Å². The van der Waals surface area contributed by atoms with E-state index in [-0.39, 0.29) is 0 Å². The number of sulfonamides is 1. The molecule has 0 spiro atoms. The third-order valence-corrected chi connectivity index (χ3v) is 5.22. The second-order valence-electron chi connectivity index (χ2n) is 6.05. The van der Waals surface area contributed by atoms with E-state index in [4.69, 9.17) is 0 Å². The van der Waals surface area contributed by atoms with E-state index in [0.29, 0.717) is 16.6 Å². The molecule has 3 rings (SSSR count). The summed E-state index contributed by atoms with van der Waals surface area (Å²) in [6.07, 6.45) is 2.00. The largest absolute Gasteiger partial charge is 0.477 e. The van der Waals surface area contributed by atoms with E-state index >= 15 is 0 Å². The normalized spacial score (nSPS) is 11.9. The number of aliphatic carboxylic acids is 1. The molecule has 0 aliphatic rings. The highest BCUT2D eigenvalue weighted by atomic mass is 32.2. The lowest BCUT2D eigenvalue weighted by Crippen LogP contribution is -2.45. The van der Waals surface area contributed by atoms with Gasteiger partial charge in [-0.3, -0.25) is 19.6 Å². The van der Waals surface area contributed by atoms with Crippen LogP contribution in [0.1, 0.15) is 5.56 Å². The third kappa shape index (κ3) is 4.77. The van der Waals surface area contributed by atoms with Crippen LogP contribution < -0.4 is 15.8 Å². The van der Waals surface area contributed by atoms with Gasteiger partial charge in [0.05, 0.1) is 17.2 Å². The number of carbonyl (C=O) groups is 2. The van der Waals surface area contributed by atoms with Crippen molar-refractivity contribution in [2.45, 2.75) is 6.54 Å². The molecule has 1 aromatic heterocycles. The molecule has 0 bridgehead atoms. The number of carbonyl (C=O) groups excluding carboxylic acids is 1. The molecule has 154 valence electrons. The number of hydrogen-bond acceptors (Lipinski definition) is 6. The van der Waals surface area contributed by atoms with Crippen molar-refractivity contribution in [3.8, 4) is 0 Å². The van der Waals surface area contributed by atoms with E-state index in [1.807, 2.05) is 5.43 Å². The quantitative estimate of drug-likeness (QED) is 0.366. The molecule has 0 fully saturated rings. The van der Waals surface area contributed by atoms with Gasteiger partial charge in [0.2, 0.25) is 0 Å². The Hall–Kier alpha value is -3.83. The lowest BCUT2D eigenvalue weighted by atomic mass is 10.2. The first kappa shape index (κ1) is 20.9. The Bertz CT molecular complexity index is 1300. The van der Waals surface area contributed by atoms with Crippen LogP contribution in [0.4, 0.5) is 0 Å². The van der Waals surface area contributed by atoms with Crippen LogP contribution in [-0.2, 0) is 26.2 Å². The highest BCUT2D eigenvalue weighted by Crippen LogP contribution is 2.12. The number of fused-ring (bicyclic) bond motifs is 1. The second kappa shape index (κ2) is 8.68. The molecular weight excluding hydrogens is 412 g/mol. The third-order valence-electron chi connectivity index (χ3n) is 3.98. The van der Waals surface area contributed by atoms with Crippen LogP contribution in [0.15, 0.2) is 70.5 Å². The summed E-state index contributed by atoms with van der Waals surface area (Å²) < 4.78 is 25.8. The van der Waals surface area contributed by atoms with Gasteiger partial charge in [-0.05, 0) is 23.8 Å². The van der Waals surface area contributed by atoms with Gasteiger partial charge in [0.15, 0.2) is 4.91 Å². The minimum absolute atomic E-state index is 0.349. The summed E-state index contributed by atoms with van der Waals surface area (Å²) in [4.78, 5) is 40.5. The maximum atomic E-state index is 12.4. The molecule has 0 aliphatic heterocycles. The molecule has 3 N–H and O–H groups in total. The molecule has 2 aromatic carbocycles. The summed E-state index contributed by atoms with van der Waals surface area (Å²) in [6, 6.07) is 14.6. The van der Waals surface area contributed by atoms with Crippen LogP contribution in [0, 0.1) is 0 Å². The molecule has 0 unspecified atom stereocenters. The van der Waals surface area contributed by atoms with E-state index in [1.54, 1.807) is 47.3 Å². The smallest absolute Gasteiger partial charge is 0.348 e. The van der Waals surface area contributed by atoms with Crippen LogP contribution in [0.3, 0.4) is 0 Å². The fourth-order valence-electron chi connectivity index (χ4n) is 2.59. The van der Waals surface area contributed by atoms with Crippen molar-refractivity contribution >= 4 is 39.0 Å². The van der Waals surface area contributed by atoms with Gasteiger partial charge in [-0.2, -0.15) is 0 Å². The van der Waals surface area contributed by atoms with Crippen LogP contribution in [0.5, 0.6) is 0 Å². The number of carboxylic acids is 1. The van der Waals surface area contributed by atoms with E-state index in [1.165, 1.54) is 12.1 Å². The molecule has 1 amide bonds. The minimum atomic E-state index is -4.58. The molecule has 0 saturated carbocycles. The zero-order chi connectivity index (χ0) is 21.7. The van der Waals surface area contributed by atoms with Gasteiger partial charge >= 0.3 is 5.97 Å². The van der Waals surface area contributed by atoms with Gasteiger partial charge in [-0.15, -0.1) is 4.83 Å². The number of carboxylic acid groups (broad SMARTS) is 1. The number of nitrogens with zero attached hydrogens (tertiary/aromatic N) is 2. The van der Waals surface area contributed by atoms with Crippen LogP contribution in [-0.4, -0.2) is 35.0 Å². The second-order valence-corrected chi connectivity index (χ2v) is 7.70. The first-order valence-corrected chi connectivity index (χ1v) is 10.0. The molecule has 30 heavy (non-hydrogen) atoms. The average molecular weight is 428 g/mol. The van der Waals surface area contributed by atoms with Crippen LogP contribution >= 0.6 is 0 Å². The molecule has 1 heterocycles. The van der Waals surface area contributed by atoms with Crippen LogP contribution in [0.25, 0.3) is 17.1 Å². The fraction of sp³-hybridized carbons (Fsp3) is 0.0526. The summed E-state index contributed by atoms with van der Waals surface area (Å²) in [5, 5.41) is 9.27. The lowest BCUT2D eigenvalue weighted by Gasteiger charge is -2.11. The predicted molar refractivity (Wildman–Crippen MR) is 108 cm³/mol. The predicted octanol–water partition coefficient (Wildman–Crippen LogP) is 0.473. The molecule has 3 aromatic rings. The molecule has 11 heteroatoms. The SMILES string of the molecule is O=C(Cn1c(=O)cnc2ccccc21)NNS(=O)(=O)/C(=C/c1ccccc1)C(=O)O. The van der Waals surface area contributed by atoms with E-state index < -0.39 is 38.9 Å². The number of hydrogen-bond donors (Lipinski definition) is 3. The van der Waals surface area contributed by atoms with Crippen molar-refractivity contribution in [2.75, 3.05) is 0 Å². The first-order chi connectivity index (χ1) is 14.3. The Balaban J connectivity index is 1.78. The maximum absolute atomic E-state index is 12.4. The van der Waals surface area contributed by atoms with Crippen molar-refractivity contribution in [2.24, 2.45) is 0 Å². The van der Waals surface area contributed by atoms with E-state index in [9.17, 15) is 27.9 Å². The Kier molecular flexibility index (Phi) is 6.04. The summed E-state index contributed by atoms with van der Waals surface area (Å²) in [5.74, 6) is -2.57.